The second-order valence-corrected chi connectivity index (χ2v) is 5.58. The molecule has 2 heterocycles. The molecule has 4 aromatic rings. The molecule has 2 aromatic heterocycles. The zero-order valence-corrected chi connectivity index (χ0v) is 13.1. The number of benzene rings is 2. The number of hydrogen-bond donors (Lipinski definition) is 2. The van der Waals surface area contributed by atoms with Gasteiger partial charge in [-0.3, -0.25) is 0 Å². The number of rotatable bonds is 3. The number of nitrogens with zero attached hydrogens (tertiary/aromatic N) is 2. The molecule has 4 rings (SSSR count). The third-order valence-electron chi connectivity index (χ3n) is 4.00. The molecule has 0 saturated carbocycles. The Morgan fingerprint density at radius 1 is 1.12 bits per heavy atom. The number of fused-ring (bicyclic) bond motifs is 3. The molecule has 0 saturated heterocycles. The number of aromatic carboxylic acids is 1. The van der Waals surface area contributed by atoms with Crippen molar-refractivity contribution in [3.63, 3.8) is 0 Å². The third kappa shape index (κ3) is 2.56. The summed E-state index contributed by atoms with van der Waals surface area (Å²) in [5, 5.41) is 12.5. The summed E-state index contributed by atoms with van der Waals surface area (Å²) < 4.78 is 1.97. The summed E-state index contributed by atoms with van der Waals surface area (Å²) in [6.07, 6.45) is 7.37. The van der Waals surface area contributed by atoms with E-state index in [1.54, 1.807) is 18.2 Å². The van der Waals surface area contributed by atoms with Crippen LogP contribution in [0.4, 0.5) is 11.5 Å². The summed E-state index contributed by atoms with van der Waals surface area (Å²) in [5.74, 6) is 2.26. The molecule has 25 heavy (non-hydrogen) atoms. The maximum Gasteiger partial charge on any atom is 0.335 e. The number of nitrogens with one attached hydrogen (secondary N) is 1. The summed E-state index contributed by atoms with van der Waals surface area (Å²) in [6, 6.07) is 16.3. The van der Waals surface area contributed by atoms with Crippen molar-refractivity contribution in [3.8, 4) is 12.3 Å². The van der Waals surface area contributed by atoms with Gasteiger partial charge in [0.15, 0.2) is 5.82 Å². The normalized spacial score (nSPS) is 10.7. The summed E-state index contributed by atoms with van der Waals surface area (Å²) in [6.45, 7) is 0. The van der Waals surface area contributed by atoms with Gasteiger partial charge in [0.1, 0.15) is 0 Å². The molecule has 2 aromatic carbocycles. The maximum absolute atomic E-state index is 11.2. The highest BCUT2D eigenvalue weighted by Crippen LogP contribution is 2.26. The fourth-order valence-corrected chi connectivity index (χ4v) is 2.83. The van der Waals surface area contributed by atoms with Gasteiger partial charge in [0.05, 0.1) is 22.1 Å². The number of carboxylic acid groups (broad SMARTS) is 1. The third-order valence-corrected chi connectivity index (χ3v) is 4.00. The van der Waals surface area contributed by atoms with Crippen LogP contribution in [0.3, 0.4) is 0 Å². The second-order valence-electron chi connectivity index (χ2n) is 5.58. The molecule has 0 amide bonds. The van der Waals surface area contributed by atoms with Gasteiger partial charge in [0, 0.05) is 17.4 Å². The van der Waals surface area contributed by atoms with Crippen molar-refractivity contribution in [1.29, 1.82) is 0 Å². The fraction of sp³-hybridized carbons (Fsp3) is 0. The molecule has 5 heteroatoms. The Hall–Kier alpha value is -3.78. The van der Waals surface area contributed by atoms with E-state index in [2.05, 4.69) is 16.2 Å². The van der Waals surface area contributed by atoms with E-state index < -0.39 is 5.97 Å². The van der Waals surface area contributed by atoms with E-state index in [1.165, 1.54) is 0 Å². The lowest BCUT2D eigenvalue weighted by atomic mass is 10.2. The quantitative estimate of drug-likeness (QED) is 0.560. The summed E-state index contributed by atoms with van der Waals surface area (Å²) in [5.41, 5.74) is 4.12. The highest BCUT2D eigenvalue weighted by atomic mass is 16.4. The number of carboxylic acids is 1. The van der Waals surface area contributed by atoms with Crippen molar-refractivity contribution in [1.82, 2.24) is 9.38 Å². The molecule has 0 fully saturated rings. The lowest BCUT2D eigenvalue weighted by Crippen LogP contribution is -2.01. The van der Waals surface area contributed by atoms with Gasteiger partial charge in [-0.1, -0.05) is 12.0 Å². The first-order valence-corrected chi connectivity index (χ1v) is 7.63. The lowest BCUT2D eigenvalue weighted by molar-refractivity contribution is 0.0697. The Bertz CT molecular complexity index is 1170. The molecule has 120 valence electrons. The molecular weight excluding hydrogens is 314 g/mol. The van der Waals surface area contributed by atoms with Gasteiger partial charge in [0.2, 0.25) is 0 Å². The zero-order chi connectivity index (χ0) is 17.4. The van der Waals surface area contributed by atoms with Crippen molar-refractivity contribution < 1.29 is 9.90 Å². The molecular formula is C20H13N3O2. The first kappa shape index (κ1) is 14.8. The maximum atomic E-state index is 11.2. The number of anilines is 2. The van der Waals surface area contributed by atoms with Gasteiger partial charge >= 0.3 is 5.97 Å². The summed E-state index contributed by atoms with van der Waals surface area (Å²) in [4.78, 5) is 15.9. The van der Waals surface area contributed by atoms with Gasteiger partial charge in [-0.15, -0.1) is 6.42 Å². The molecule has 0 radical (unpaired) electrons. The van der Waals surface area contributed by atoms with Crippen LogP contribution in [0.15, 0.2) is 60.8 Å². The van der Waals surface area contributed by atoms with Crippen LogP contribution in [0.1, 0.15) is 15.9 Å². The Kier molecular flexibility index (Phi) is 3.37. The van der Waals surface area contributed by atoms with Crippen LogP contribution in [0, 0.1) is 12.3 Å². The van der Waals surface area contributed by atoms with Crippen LogP contribution in [-0.2, 0) is 0 Å². The lowest BCUT2D eigenvalue weighted by Gasteiger charge is -2.11. The number of carbonyl (C=O) groups is 1. The Labute approximate surface area is 143 Å². The van der Waals surface area contributed by atoms with Gasteiger partial charge in [-0.2, -0.15) is 0 Å². The highest BCUT2D eigenvalue weighted by Gasteiger charge is 2.11. The largest absolute Gasteiger partial charge is 0.478 e. The number of aromatic nitrogens is 2. The molecule has 5 nitrogen and oxygen atoms in total. The monoisotopic (exact) mass is 327 g/mol. The van der Waals surface area contributed by atoms with Crippen LogP contribution in [-0.4, -0.2) is 20.5 Å². The SMILES string of the molecule is C#Cc1cccc(Nc2nc3cc(C(=O)O)ccc3n3cccc23)c1. The van der Waals surface area contributed by atoms with Crippen molar-refractivity contribution in [3.05, 3.63) is 71.9 Å². The van der Waals surface area contributed by atoms with Gasteiger partial charge < -0.3 is 14.8 Å². The molecule has 0 spiro atoms. The predicted octanol–water partition coefficient (Wildman–Crippen LogP) is 3.91. The molecule has 0 bridgehead atoms. The molecule has 0 atom stereocenters. The molecule has 0 unspecified atom stereocenters. The minimum Gasteiger partial charge on any atom is -0.478 e. The Morgan fingerprint density at radius 3 is 2.80 bits per heavy atom. The van der Waals surface area contributed by atoms with Crippen LogP contribution >= 0.6 is 0 Å². The first-order valence-electron chi connectivity index (χ1n) is 7.63. The topological polar surface area (TPSA) is 66.6 Å². The van der Waals surface area contributed by atoms with Crippen molar-refractivity contribution in [2.75, 3.05) is 5.32 Å². The predicted molar refractivity (Wildman–Crippen MR) is 97.3 cm³/mol. The standard InChI is InChI=1S/C20H13N3O2/c1-2-13-5-3-6-15(11-13)21-19-18-7-4-10-23(18)17-9-8-14(20(24)25)12-16(17)22-19/h1,3-12H,(H,21,22)(H,24,25). The fourth-order valence-electron chi connectivity index (χ4n) is 2.83. The van der Waals surface area contributed by atoms with E-state index in [1.807, 2.05) is 47.0 Å². The van der Waals surface area contributed by atoms with Crippen molar-refractivity contribution >= 4 is 34.0 Å². The van der Waals surface area contributed by atoms with E-state index in [-0.39, 0.29) is 5.56 Å². The Morgan fingerprint density at radius 2 is 2.00 bits per heavy atom. The minimum atomic E-state index is -0.979. The average Bonchev–Trinajstić information content (AvgIpc) is 3.12. The average molecular weight is 327 g/mol. The molecule has 0 aliphatic rings. The van der Waals surface area contributed by atoms with Crippen molar-refractivity contribution in [2.24, 2.45) is 0 Å². The van der Waals surface area contributed by atoms with Crippen LogP contribution in [0.25, 0.3) is 16.6 Å². The van der Waals surface area contributed by atoms with Gasteiger partial charge in [-0.05, 0) is 48.5 Å². The molecule has 0 aliphatic carbocycles. The van der Waals surface area contributed by atoms with E-state index in [4.69, 9.17) is 6.42 Å². The van der Waals surface area contributed by atoms with Gasteiger partial charge in [0.25, 0.3) is 0 Å². The second kappa shape index (κ2) is 5.69. The molecule has 2 N–H and O–H groups in total. The Balaban J connectivity index is 1.90. The van der Waals surface area contributed by atoms with E-state index in [9.17, 15) is 9.90 Å². The van der Waals surface area contributed by atoms with Crippen LogP contribution < -0.4 is 5.32 Å². The molecule has 0 aliphatic heterocycles. The van der Waals surface area contributed by atoms with Gasteiger partial charge in [-0.25, -0.2) is 9.78 Å². The van der Waals surface area contributed by atoms with E-state index in [0.29, 0.717) is 11.3 Å². The zero-order valence-electron chi connectivity index (χ0n) is 13.1. The van der Waals surface area contributed by atoms with E-state index >= 15 is 0 Å². The number of terminal acetylenes is 1. The smallest absolute Gasteiger partial charge is 0.335 e. The van der Waals surface area contributed by atoms with Crippen LogP contribution in [0.5, 0.6) is 0 Å². The summed E-state index contributed by atoms with van der Waals surface area (Å²) in [7, 11) is 0. The highest BCUT2D eigenvalue weighted by molar-refractivity contribution is 5.94. The number of hydrogen-bond acceptors (Lipinski definition) is 3. The summed E-state index contributed by atoms with van der Waals surface area (Å²) >= 11 is 0. The van der Waals surface area contributed by atoms with Crippen molar-refractivity contribution in [2.45, 2.75) is 0 Å². The minimum absolute atomic E-state index is 0.201. The van der Waals surface area contributed by atoms with E-state index in [0.717, 1.165) is 22.3 Å². The first-order chi connectivity index (χ1) is 12.2. The van der Waals surface area contributed by atoms with Crippen LogP contribution in [0.2, 0.25) is 0 Å².